The van der Waals surface area contributed by atoms with E-state index in [2.05, 4.69) is 5.32 Å². The Morgan fingerprint density at radius 2 is 1.52 bits per heavy atom. The zero-order valence-corrected chi connectivity index (χ0v) is 15.5. The largest absolute Gasteiger partial charge is 0.497 e. The summed E-state index contributed by atoms with van der Waals surface area (Å²) >= 11 is 0. The van der Waals surface area contributed by atoms with Crippen LogP contribution in [0.15, 0.2) is 48.5 Å². The van der Waals surface area contributed by atoms with Gasteiger partial charge in [-0.25, -0.2) is 0 Å². The number of ether oxygens (including phenoxy) is 2. The highest BCUT2D eigenvalue weighted by atomic mass is 35.5. The van der Waals surface area contributed by atoms with E-state index in [0.29, 0.717) is 6.54 Å². The van der Waals surface area contributed by atoms with Crippen molar-refractivity contribution in [2.75, 3.05) is 20.8 Å². The Labute approximate surface area is 154 Å². The number of carbonyl (C=O) groups excluding carboxylic acids is 1. The van der Waals surface area contributed by atoms with E-state index < -0.39 is 0 Å². The van der Waals surface area contributed by atoms with E-state index in [0.717, 1.165) is 22.6 Å². The third kappa shape index (κ3) is 5.37. The number of nitrogens with two attached hydrogens (primary N) is 1. The molecule has 1 unspecified atom stereocenters. The summed E-state index contributed by atoms with van der Waals surface area (Å²) in [4.78, 5) is 12.4. The molecule has 136 valence electrons. The van der Waals surface area contributed by atoms with Crippen molar-refractivity contribution >= 4 is 18.3 Å². The van der Waals surface area contributed by atoms with Crippen LogP contribution in [-0.4, -0.2) is 26.7 Å². The number of halogens is 1. The van der Waals surface area contributed by atoms with Crippen LogP contribution in [0.1, 0.15) is 24.1 Å². The molecule has 25 heavy (non-hydrogen) atoms. The van der Waals surface area contributed by atoms with Crippen molar-refractivity contribution in [3.05, 3.63) is 59.7 Å². The summed E-state index contributed by atoms with van der Waals surface area (Å²) in [7, 11) is 3.24. The van der Waals surface area contributed by atoms with Crippen LogP contribution >= 0.6 is 12.4 Å². The molecule has 0 aromatic heterocycles. The predicted octanol–water partition coefficient (Wildman–Crippen LogP) is 2.93. The van der Waals surface area contributed by atoms with E-state index in [1.165, 1.54) is 0 Å². The lowest BCUT2D eigenvalue weighted by atomic mass is 9.97. The summed E-state index contributed by atoms with van der Waals surface area (Å²) in [6.07, 6.45) is 0. The van der Waals surface area contributed by atoms with Crippen LogP contribution in [0.4, 0.5) is 0 Å². The molecule has 0 aliphatic rings. The van der Waals surface area contributed by atoms with Gasteiger partial charge in [0.1, 0.15) is 11.5 Å². The van der Waals surface area contributed by atoms with Gasteiger partial charge in [0, 0.05) is 12.5 Å². The first-order chi connectivity index (χ1) is 11.6. The van der Waals surface area contributed by atoms with E-state index in [1.807, 2.05) is 55.5 Å². The van der Waals surface area contributed by atoms with Crippen LogP contribution < -0.4 is 20.5 Å². The zero-order valence-electron chi connectivity index (χ0n) is 14.7. The van der Waals surface area contributed by atoms with Crippen LogP contribution in [-0.2, 0) is 4.79 Å². The van der Waals surface area contributed by atoms with Crippen molar-refractivity contribution in [2.24, 2.45) is 11.7 Å². The van der Waals surface area contributed by atoms with E-state index in [-0.39, 0.29) is 30.3 Å². The Bertz CT molecular complexity index is 646. The van der Waals surface area contributed by atoms with Crippen molar-refractivity contribution in [1.82, 2.24) is 5.32 Å². The number of hydrogen-bond donors (Lipinski definition) is 2. The minimum atomic E-state index is -0.309. The summed E-state index contributed by atoms with van der Waals surface area (Å²) < 4.78 is 10.6. The van der Waals surface area contributed by atoms with Gasteiger partial charge in [-0.05, 0) is 35.4 Å². The molecule has 0 saturated heterocycles. The molecule has 0 aliphatic carbocycles. The Morgan fingerprint density at radius 1 is 1.04 bits per heavy atom. The molecular weight excluding hydrogens is 340 g/mol. The number of benzene rings is 2. The van der Waals surface area contributed by atoms with E-state index in [9.17, 15) is 4.79 Å². The summed E-state index contributed by atoms with van der Waals surface area (Å²) in [5, 5.41) is 3.07. The summed E-state index contributed by atoms with van der Waals surface area (Å²) in [6.45, 7) is 2.11. The molecule has 5 nitrogen and oxygen atoms in total. The molecule has 2 rings (SSSR count). The molecule has 0 saturated carbocycles. The van der Waals surface area contributed by atoms with E-state index >= 15 is 0 Å². The van der Waals surface area contributed by atoms with Crippen LogP contribution in [0.2, 0.25) is 0 Å². The van der Waals surface area contributed by atoms with Gasteiger partial charge in [-0.2, -0.15) is 0 Å². The van der Waals surface area contributed by atoms with E-state index in [4.69, 9.17) is 15.2 Å². The third-order valence-electron chi connectivity index (χ3n) is 3.94. The average Bonchev–Trinajstić information content (AvgIpc) is 2.65. The first kappa shape index (κ1) is 20.8. The van der Waals surface area contributed by atoms with Crippen LogP contribution in [0.5, 0.6) is 11.5 Å². The molecule has 6 heteroatoms. The average molecular weight is 365 g/mol. The highest BCUT2D eigenvalue weighted by molar-refractivity contribution is 5.85. The van der Waals surface area contributed by atoms with Gasteiger partial charge in [0.05, 0.1) is 20.3 Å². The molecule has 0 spiro atoms. The lowest BCUT2D eigenvalue weighted by Crippen LogP contribution is -2.36. The molecule has 2 aromatic carbocycles. The first-order valence-electron chi connectivity index (χ1n) is 7.87. The summed E-state index contributed by atoms with van der Waals surface area (Å²) in [5.74, 6) is 1.12. The molecule has 0 fully saturated rings. The van der Waals surface area contributed by atoms with Crippen molar-refractivity contribution in [3.63, 3.8) is 0 Å². The maximum atomic E-state index is 12.4. The molecule has 2 aromatic rings. The fourth-order valence-electron chi connectivity index (χ4n) is 2.39. The standard InChI is InChI=1S/C19H24N2O3.ClH/c1-13(12-20)19(22)21-18(14-6-4-8-16(10-14)23-2)15-7-5-9-17(11-15)24-3;/h4-11,13,18H,12,20H2,1-3H3,(H,21,22);1H. The fraction of sp³-hybridized carbons (Fsp3) is 0.316. The number of nitrogens with one attached hydrogen (secondary N) is 1. The fourth-order valence-corrected chi connectivity index (χ4v) is 2.39. The van der Waals surface area contributed by atoms with Crippen LogP contribution in [0.3, 0.4) is 0 Å². The maximum absolute atomic E-state index is 12.4. The molecule has 0 heterocycles. The second-order valence-electron chi connectivity index (χ2n) is 5.63. The number of carbonyl (C=O) groups is 1. The van der Waals surface area contributed by atoms with Gasteiger partial charge in [-0.1, -0.05) is 31.2 Å². The number of methoxy groups -OCH3 is 2. The van der Waals surface area contributed by atoms with Crippen LogP contribution in [0.25, 0.3) is 0 Å². The Hall–Kier alpha value is -2.24. The summed E-state index contributed by atoms with van der Waals surface area (Å²) in [5.41, 5.74) is 7.48. The van der Waals surface area contributed by atoms with E-state index in [1.54, 1.807) is 14.2 Å². The number of amides is 1. The topological polar surface area (TPSA) is 73.6 Å². The maximum Gasteiger partial charge on any atom is 0.224 e. The molecule has 3 N–H and O–H groups in total. The molecular formula is C19H25ClN2O3. The van der Waals surface area contributed by atoms with Crippen molar-refractivity contribution < 1.29 is 14.3 Å². The second kappa shape index (κ2) is 9.91. The molecule has 0 radical (unpaired) electrons. The second-order valence-corrected chi connectivity index (χ2v) is 5.63. The van der Waals surface area contributed by atoms with Gasteiger partial charge < -0.3 is 20.5 Å². The molecule has 0 aliphatic heterocycles. The highest BCUT2D eigenvalue weighted by Crippen LogP contribution is 2.27. The van der Waals surface area contributed by atoms with Gasteiger partial charge in [-0.15, -0.1) is 12.4 Å². The Balaban J connectivity index is 0.00000312. The van der Waals surface area contributed by atoms with Crippen molar-refractivity contribution in [2.45, 2.75) is 13.0 Å². The van der Waals surface area contributed by atoms with Gasteiger partial charge in [-0.3, -0.25) is 4.79 Å². The normalized spacial score (nSPS) is 11.4. The number of rotatable bonds is 7. The van der Waals surface area contributed by atoms with Gasteiger partial charge in [0.25, 0.3) is 0 Å². The smallest absolute Gasteiger partial charge is 0.224 e. The van der Waals surface area contributed by atoms with Crippen LogP contribution in [0, 0.1) is 5.92 Å². The Morgan fingerprint density at radius 3 is 1.92 bits per heavy atom. The van der Waals surface area contributed by atoms with Gasteiger partial charge in [0.15, 0.2) is 0 Å². The number of hydrogen-bond acceptors (Lipinski definition) is 4. The lowest BCUT2D eigenvalue weighted by molar-refractivity contribution is -0.124. The zero-order chi connectivity index (χ0) is 17.5. The SMILES string of the molecule is COc1cccc(C(NC(=O)C(C)CN)c2cccc(OC)c2)c1.Cl. The van der Waals surface area contributed by atoms with Crippen molar-refractivity contribution in [3.8, 4) is 11.5 Å². The molecule has 0 bridgehead atoms. The summed E-state index contributed by atoms with van der Waals surface area (Å²) in [6, 6.07) is 15.0. The molecule has 1 amide bonds. The lowest BCUT2D eigenvalue weighted by Gasteiger charge is -2.22. The Kier molecular flexibility index (Phi) is 8.25. The highest BCUT2D eigenvalue weighted by Gasteiger charge is 2.20. The third-order valence-corrected chi connectivity index (χ3v) is 3.94. The monoisotopic (exact) mass is 364 g/mol. The predicted molar refractivity (Wildman–Crippen MR) is 101 cm³/mol. The van der Waals surface area contributed by atoms with Gasteiger partial charge >= 0.3 is 0 Å². The minimum Gasteiger partial charge on any atom is -0.497 e. The quantitative estimate of drug-likeness (QED) is 0.792. The van der Waals surface area contributed by atoms with Gasteiger partial charge in [0.2, 0.25) is 5.91 Å². The minimum absolute atomic E-state index is 0. The first-order valence-corrected chi connectivity index (χ1v) is 7.87. The molecule has 1 atom stereocenters. The van der Waals surface area contributed by atoms with Crippen molar-refractivity contribution in [1.29, 1.82) is 0 Å².